The van der Waals surface area contributed by atoms with E-state index in [1.807, 2.05) is 26.0 Å². The summed E-state index contributed by atoms with van der Waals surface area (Å²) in [5.74, 6) is -0.00481. The third-order valence-corrected chi connectivity index (χ3v) is 2.90. The van der Waals surface area contributed by atoms with Gasteiger partial charge in [-0.3, -0.25) is 9.78 Å². The van der Waals surface area contributed by atoms with Gasteiger partial charge in [-0.2, -0.15) is 0 Å². The molecule has 98 valence electrons. The predicted octanol–water partition coefficient (Wildman–Crippen LogP) is 2.33. The van der Waals surface area contributed by atoms with Gasteiger partial charge < -0.3 is 10.4 Å². The third-order valence-electron chi connectivity index (χ3n) is 2.90. The van der Waals surface area contributed by atoms with Crippen LogP contribution in [0.1, 0.15) is 27.3 Å². The first-order chi connectivity index (χ1) is 9.08. The van der Waals surface area contributed by atoms with Gasteiger partial charge in [-0.05, 0) is 32.0 Å². The molecular weight excluding hydrogens is 240 g/mol. The number of nitrogens with zero attached hydrogens (tertiary/aromatic N) is 1. The summed E-state index contributed by atoms with van der Waals surface area (Å²) in [6.07, 6.45) is 0. The summed E-state index contributed by atoms with van der Waals surface area (Å²) in [6.45, 7) is 3.98. The lowest BCUT2D eigenvalue weighted by Crippen LogP contribution is -2.24. The predicted molar refractivity (Wildman–Crippen MR) is 73.0 cm³/mol. The van der Waals surface area contributed by atoms with Crippen molar-refractivity contribution >= 4 is 5.91 Å². The maximum Gasteiger partial charge on any atom is 0.253 e. The van der Waals surface area contributed by atoms with Gasteiger partial charge in [-0.1, -0.05) is 18.2 Å². The fourth-order valence-electron chi connectivity index (χ4n) is 1.86. The van der Waals surface area contributed by atoms with Crippen LogP contribution < -0.4 is 5.32 Å². The number of amides is 1. The van der Waals surface area contributed by atoms with Crippen LogP contribution in [0.4, 0.5) is 0 Å². The molecule has 0 fully saturated rings. The zero-order valence-electron chi connectivity index (χ0n) is 11.0. The number of nitrogens with one attached hydrogen (secondary N) is 1. The molecule has 4 heteroatoms. The Bertz CT molecular complexity index is 609. The van der Waals surface area contributed by atoms with Gasteiger partial charge in [0.15, 0.2) is 0 Å². The molecule has 0 saturated carbocycles. The van der Waals surface area contributed by atoms with Gasteiger partial charge in [0.25, 0.3) is 5.91 Å². The van der Waals surface area contributed by atoms with Crippen molar-refractivity contribution in [1.29, 1.82) is 0 Å². The molecule has 2 aromatic rings. The summed E-state index contributed by atoms with van der Waals surface area (Å²) in [7, 11) is 0. The van der Waals surface area contributed by atoms with Crippen molar-refractivity contribution in [3.8, 4) is 5.75 Å². The van der Waals surface area contributed by atoms with Gasteiger partial charge in [-0.15, -0.1) is 0 Å². The van der Waals surface area contributed by atoms with Gasteiger partial charge in [0.05, 0.1) is 11.3 Å². The minimum atomic E-state index is -0.187. The fraction of sp³-hybridized carbons (Fsp3) is 0.200. The molecule has 1 heterocycles. The lowest BCUT2D eigenvalue weighted by Gasteiger charge is -2.08. The number of aryl methyl sites for hydroxylation is 2. The lowest BCUT2D eigenvalue weighted by molar-refractivity contribution is 0.0949. The highest BCUT2D eigenvalue weighted by atomic mass is 16.3. The molecule has 0 bridgehead atoms. The number of pyridine rings is 1. The van der Waals surface area contributed by atoms with Crippen LogP contribution in [0.15, 0.2) is 36.4 Å². The zero-order valence-corrected chi connectivity index (χ0v) is 11.0. The number of phenolic OH excluding ortho intramolecular Hbond substituents is 1. The van der Waals surface area contributed by atoms with Crippen molar-refractivity contribution in [2.75, 3.05) is 0 Å². The van der Waals surface area contributed by atoms with E-state index >= 15 is 0 Å². The highest BCUT2D eigenvalue weighted by molar-refractivity contribution is 5.95. The number of hydrogen-bond donors (Lipinski definition) is 2. The molecule has 0 unspecified atom stereocenters. The Hall–Kier alpha value is -2.36. The second-order valence-corrected chi connectivity index (χ2v) is 4.40. The van der Waals surface area contributed by atoms with E-state index in [0.717, 1.165) is 5.69 Å². The Kier molecular flexibility index (Phi) is 3.80. The van der Waals surface area contributed by atoms with Crippen molar-refractivity contribution < 1.29 is 9.90 Å². The molecule has 0 saturated heterocycles. The van der Waals surface area contributed by atoms with E-state index in [4.69, 9.17) is 0 Å². The molecule has 2 N–H and O–H groups in total. The van der Waals surface area contributed by atoms with Gasteiger partial charge in [0.2, 0.25) is 0 Å². The van der Waals surface area contributed by atoms with Crippen LogP contribution in [0.25, 0.3) is 0 Å². The van der Waals surface area contributed by atoms with Gasteiger partial charge in [0, 0.05) is 17.8 Å². The number of para-hydroxylation sites is 1. The first kappa shape index (κ1) is 13.1. The molecule has 1 amide bonds. The number of aromatic nitrogens is 1. The number of aromatic hydroxyl groups is 1. The number of rotatable bonds is 3. The number of hydrogen-bond acceptors (Lipinski definition) is 3. The molecule has 1 aromatic carbocycles. The van der Waals surface area contributed by atoms with E-state index in [2.05, 4.69) is 10.3 Å². The minimum Gasteiger partial charge on any atom is -0.508 e. The van der Waals surface area contributed by atoms with Crippen LogP contribution in [0.2, 0.25) is 0 Å². The summed E-state index contributed by atoms with van der Waals surface area (Å²) in [5, 5.41) is 12.4. The van der Waals surface area contributed by atoms with E-state index < -0.39 is 0 Å². The van der Waals surface area contributed by atoms with Crippen LogP contribution in [0.3, 0.4) is 0 Å². The molecule has 1 aromatic heterocycles. The Morgan fingerprint density at radius 3 is 2.63 bits per heavy atom. The van der Waals surface area contributed by atoms with Crippen LogP contribution in [-0.4, -0.2) is 16.0 Å². The maximum atomic E-state index is 12.0. The number of carbonyl (C=O) groups is 1. The molecule has 4 nitrogen and oxygen atoms in total. The molecule has 0 spiro atoms. The Balaban J connectivity index is 2.08. The summed E-state index contributed by atoms with van der Waals surface area (Å²) in [4.78, 5) is 16.3. The normalized spacial score (nSPS) is 10.2. The fourth-order valence-corrected chi connectivity index (χ4v) is 1.86. The molecule has 0 aliphatic heterocycles. The second-order valence-electron chi connectivity index (χ2n) is 4.40. The highest BCUT2D eigenvalue weighted by Crippen LogP contribution is 2.15. The summed E-state index contributed by atoms with van der Waals surface area (Å²) >= 11 is 0. The highest BCUT2D eigenvalue weighted by Gasteiger charge is 2.10. The molecule has 19 heavy (non-hydrogen) atoms. The van der Waals surface area contributed by atoms with Gasteiger partial charge in [-0.25, -0.2) is 0 Å². The van der Waals surface area contributed by atoms with Gasteiger partial charge >= 0.3 is 0 Å². The van der Waals surface area contributed by atoms with E-state index in [-0.39, 0.29) is 11.7 Å². The number of benzene rings is 1. The standard InChI is InChI=1S/C15H16N2O2/c1-10-7-8-13(11(2)17-10)15(19)16-9-12-5-3-4-6-14(12)18/h3-8,18H,9H2,1-2H3,(H,16,19). The Morgan fingerprint density at radius 1 is 1.21 bits per heavy atom. The second kappa shape index (κ2) is 5.52. The molecule has 2 rings (SSSR count). The topological polar surface area (TPSA) is 62.2 Å². The average Bonchev–Trinajstić information content (AvgIpc) is 2.37. The molecule has 0 aliphatic carbocycles. The van der Waals surface area contributed by atoms with Crippen LogP contribution in [-0.2, 0) is 6.54 Å². The smallest absolute Gasteiger partial charge is 0.253 e. The quantitative estimate of drug-likeness (QED) is 0.886. The minimum absolute atomic E-state index is 0.182. The van der Waals surface area contributed by atoms with E-state index in [0.29, 0.717) is 23.4 Å². The van der Waals surface area contributed by atoms with Crippen molar-refractivity contribution in [1.82, 2.24) is 10.3 Å². The van der Waals surface area contributed by atoms with Crippen molar-refractivity contribution in [2.45, 2.75) is 20.4 Å². The van der Waals surface area contributed by atoms with E-state index in [1.165, 1.54) is 0 Å². The molecular formula is C15H16N2O2. The Morgan fingerprint density at radius 2 is 1.95 bits per heavy atom. The van der Waals surface area contributed by atoms with E-state index in [9.17, 15) is 9.90 Å². The van der Waals surface area contributed by atoms with Crippen LogP contribution >= 0.6 is 0 Å². The lowest BCUT2D eigenvalue weighted by atomic mass is 10.1. The summed E-state index contributed by atoms with van der Waals surface area (Å²) in [6, 6.07) is 10.5. The maximum absolute atomic E-state index is 12.0. The molecule has 0 aliphatic rings. The number of carbonyl (C=O) groups excluding carboxylic acids is 1. The monoisotopic (exact) mass is 256 g/mol. The van der Waals surface area contributed by atoms with Crippen LogP contribution in [0, 0.1) is 13.8 Å². The summed E-state index contributed by atoms with van der Waals surface area (Å²) < 4.78 is 0. The molecule has 0 radical (unpaired) electrons. The van der Waals surface area contributed by atoms with E-state index in [1.54, 1.807) is 24.3 Å². The summed E-state index contributed by atoms with van der Waals surface area (Å²) in [5.41, 5.74) is 2.83. The SMILES string of the molecule is Cc1ccc(C(=O)NCc2ccccc2O)c(C)n1. The largest absolute Gasteiger partial charge is 0.508 e. The van der Waals surface area contributed by atoms with Gasteiger partial charge in [0.1, 0.15) is 5.75 Å². The first-order valence-electron chi connectivity index (χ1n) is 6.07. The average molecular weight is 256 g/mol. The van der Waals surface area contributed by atoms with Crippen LogP contribution in [0.5, 0.6) is 5.75 Å². The zero-order chi connectivity index (χ0) is 13.8. The van der Waals surface area contributed by atoms with Crippen molar-refractivity contribution in [3.63, 3.8) is 0 Å². The number of phenols is 1. The van der Waals surface area contributed by atoms with Crippen molar-refractivity contribution in [2.24, 2.45) is 0 Å². The Labute approximate surface area is 112 Å². The third kappa shape index (κ3) is 3.10. The first-order valence-corrected chi connectivity index (χ1v) is 6.07. The molecule has 0 atom stereocenters. The van der Waals surface area contributed by atoms with Crippen molar-refractivity contribution in [3.05, 3.63) is 58.9 Å².